The molecule has 2 aromatic heterocycles. The molecular formula is C10H12N6O3. The summed E-state index contributed by atoms with van der Waals surface area (Å²) < 4.78 is 6.88. The fourth-order valence-corrected chi connectivity index (χ4v) is 1.46. The Labute approximate surface area is 108 Å². The second-order valence-electron chi connectivity index (χ2n) is 3.62. The predicted octanol–water partition coefficient (Wildman–Crippen LogP) is 1.34. The number of hydrogen-bond donors (Lipinski definition) is 1. The number of nitro groups is 1. The van der Waals surface area contributed by atoms with Crippen molar-refractivity contribution in [1.82, 2.24) is 19.7 Å². The Bertz CT molecular complexity index is 597. The molecule has 0 aliphatic rings. The third-order valence-electron chi connectivity index (χ3n) is 2.21. The summed E-state index contributed by atoms with van der Waals surface area (Å²) in [6.07, 6.45) is 4.23. The van der Waals surface area contributed by atoms with E-state index in [0.29, 0.717) is 12.3 Å². The van der Waals surface area contributed by atoms with Crippen LogP contribution in [0.3, 0.4) is 0 Å². The molecule has 9 heteroatoms. The van der Waals surface area contributed by atoms with Gasteiger partial charge in [-0.2, -0.15) is 10.1 Å². The Morgan fingerprint density at radius 2 is 2.32 bits per heavy atom. The van der Waals surface area contributed by atoms with Gasteiger partial charge in [0.1, 0.15) is 6.33 Å². The molecule has 2 heterocycles. The Morgan fingerprint density at radius 1 is 1.53 bits per heavy atom. The highest BCUT2D eigenvalue weighted by Crippen LogP contribution is 2.33. The fourth-order valence-electron chi connectivity index (χ4n) is 1.46. The van der Waals surface area contributed by atoms with E-state index in [9.17, 15) is 10.1 Å². The van der Waals surface area contributed by atoms with E-state index in [1.165, 1.54) is 17.2 Å². The summed E-state index contributed by atoms with van der Waals surface area (Å²) in [4.78, 5) is 18.1. The van der Waals surface area contributed by atoms with E-state index in [4.69, 9.17) is 4.74 Å². The molecule has 0 radical (unpaired) electrons. The largest absolute Gasteiger partial charge is 0.430 e. The number of rotatable bonds is 5. The zero-order valence-electron chi connectivity index (χ0n) is 10.4. The van der Waals surface area contributed by atoms with E-state index in [2.05, 4.69) is 20.4 Å². The molecule has 0 unspecified atom stereocenters. The molecule has 0 aliphatic heterocycles. The van der Waals surface area contributed by atoms with Crippen LogP contribution in [0.15, 0.2) is 18.7 Å². The number of nitrogens with zero attached hydrogens (tertiary/aromatic N) is 5. The molecule has 0 aromatic carbocycles. The molecular weight excluding hydrogens is 252 g/mol. The fraction of sp³-hybridized carbons (Fsp3) is 0.300. The molecule has 0 aliphatic carbocycles. The van der Waals surface area contributed by atoms with Crippen molar-refractivity contribution in [2.75, 3.05) is 11.9 Å². The lowest BCUT2D eigenvalue weighted by molar-refractivity contribution is -0.385. The molecule has 0 fully saturated rings. The molecule has 2 aromatic rings. The zero-order chi connectivity index (χ0) is 13.8. The molecule has 0 saturated heterocycles. The number of nitrogens with one attached hydrogen (secondary N) is 1. The van der Waals surface area contributed by atoms with Crippen LogP contribution in [0.2, 0.25) is 0 Å². The van der Waals surface area contributed by atoms with Crippen LogP contribution in [0.4, 0.5) is 11.5 Å². The van der Waals surface area contributed by atoms with Crippen LogP contribution in [0.1, 0.15) is 6.92 Å². The van der Waals surface area contributed by atoms with Gasteiger partial charge >= 0.3 is 11.6 Å². The molecule has 19 heavy (non-hydrogen) atoms. The first-order valence-corrected chi connectivity index (χ1v) is 5.51. The monoisotopic (exact) mass is 264 g/mol. The smallest absolute Gasteiger partial charge is 0.373 e. The minimum Gasteiger partial charge on any atom is -0.430 e. The Kier molecular flexibility index (Phi) is 3.55. The average molecular weight is 264 g/mol. The van der Waals surface area contributed by atoms with Gasteiger partial charge in [-0.3, -0.25) is 14.8 Å². The lowest BCUT2D eigenvalue weighted by Gasteiger charge is -2.06. The first-order valence-electron chi connectivity index (χ1n) is 5.51. The number of aromatic nitrogens is 4. The van der Waals surface area contributed by atoms with Crippen molar-refractivity contribution >= 4 is 11.5 Å². The van der Waals surface area contributed by atoms with Crippen LogP contribution in [-0.4, -0.2) is 31.2 Å². The predicted molar refractivity (Wildman–Crippen MR) is 66.1 cm³/mol. The third kappa shape index (κ3) is 2.76. The Hall–Kier alpha value is -2.71. The van der Waals surface area contributed by atoms with Crippen molar-refractivity contribution in [2.24, 2.45) is 7.05 Å². The van der Waals surface area contributed by atoms with E-state index >= 15 is 0 Å². The van der Waals surface area contributed by atoms with Crippen molar-refractivity contribution in [1.29, 1.82) is 0 Å². The number of anilines is 1. The first kappa shape index (κ1) is 12.7. The topological polar surface area (TPSA) is 108 Å². The van der Waals surface area contributed by atoms with Crippen molar-refractivity contribution in [3.8, 4) is 11.6 Å². The summed E-state index contributed by atoms with van der Waals surface area (Å²) >= 11 is 0. The van der Waals surface area contributed by atoms with E-state index in [1.54, 1.807) is 13.2 Å². The van der Waals surface area contributed by atoms with Crippen LogP contribution in [0.25, 0.3) is 0 Å². The quantitative estimate of drug-likeness (QED) is 0.641. The van der Waals surface area contributed by atoms with Crippen LogP contribution >= 0.6 is 0 Å². The summed E-state index contributed by atoms with van der Waals surface area (Å²) in [6.45, 7) is 2.32. The minimum atomic E-state index is -0.580. The van der Waals surface area contributed by atoms with Gasteiger partial charge in [0.25, 0.3) is 0 Å². The normalized spacial score (nSPS) is 10.2. The van der Waals surface area contributed by atoms with Gasteiger partial charge in [0.05, 0.1) is 17.3 Å². The Morgan fingerprint density at radius 3 is 2.89 bits per heavy atom. The second-order valence-corrected chi connectivity index (χ2v) is 3.62. The van der Waals surface area contributed by atoms with Gasteiger partial charge in [0.15, 0.2) is 5.75 Å². The van der Waals surface area contributed by atoms with Crippen molar-refractivity contribution in [2.45, 2.75) is 6.92 Å². The van der Waals surface area contributed by atoms with Crippen molar-refractivity contribution < 1.29 is 9.66 Å². The minimum absolute atomic E-state index is 0.121. The standard InChI is InChI=1S/C10H12N6O3/c1-3-11-9-8(16(17)18)10(13-6-12-9)19-7-4-14-15(2)5-7/h4-6H,3H2,1-2H3,(H,11,12,13). The summed E-state index contributed by atoms with van der Waals surface area (Å²) in [5.41, 5.74) is -0.298. The SMILES string of the molecule is CCNc1ncnc(Oc2cnn(C)c2)c1[N+](=O)[O-]. The van der Waals surface area contributed by atoms with Crippen LogP contribution < -0.4 is 10.1 Å². The van der Waals surface area contributed by atoms with Gasteiger partial charge in [0.2, 0.25) is 5.82 Å². The third-order valence-corrected chi connectivity index (χ3v) is 2.21. The number of aryl methyl sites for hydroxylation is 1. The van der Waals surface area contributed by atoms with Crippen LogP contribution in [0, 0.1) is 10.1 Å². The zero-order valence-corrected chi connectivity index (χ0v) is 10.4. The van der Waals surface area contributed by atoms with E-state index < -0.39 is 4.92 Å². The van der Waals surface area contributed by atoms with Gasteiger partial charge in [-0.05, 0) is 6.92 Å². The molecule has 0 atom stereocenters. The summed E-state index contributed by atoms with van der Waals surface area (Å²) in [6, 6.07) is 0. The number of hydrogen-bond acceptors (Lipinski definition) is 7. The maximum atomic E-state index is 11.1. The lowest BCUT2D eigenvalue weighted by Crippen LogP contribution is -2.06. The van der Waals surface area contributed by atoms with Gasteiger partial charge in [-0.1, -0.05) is 0 Å². The highest BCUT2D eigenvalue weighted by Gasteiger charge is 2.24. The number of ether oxygens (including phenoxy) is 1. The highest BCUT2D eigenvalue weighted by atomic mass is 16.6. The van der Waals surface area contributed by atoms with Crippen molar-refractivity contribution in [3.63, 3.8) is 0 Å². The van der Waals surface area contributed by atoms with Crippen LogP contribution in [0.5, 0.6) is 11.6 Å². The van der Waals surface area contributed by atoms with E-state index in [1.807, 2.05) is 6.92 Å². The lowest BCUT2D eigenvalue weighted by atomic mass is 10.4. The highest BCUT2D eigenvalue weighted by molar-refractivity contribution is 5.61. The second kappa shape index (κ2) is 5.29. The average Bonchev–Trinajstić information content (AvgIpc) is 2.75. The maximum absolute atomic E-state index is 11.1. The van der Waals surface area contributed by atoms with E-state index in [0.717, 1.165) is 0 Å². The van der Waals surface area contributed by atoms with Gasteiger partial charge in [-0.25, -0.2) is 4.98 Å². The van der Waals surface area contributed by atoms with Gasteiger partial charge in [0, 0.05) is 13.6 Å². The molecule has 0 saturated carbocycles. The van der Waals surface area contributed by atoms with Crippen molar-refractivity contribution in [3.05, 3.63) is 28.8 Å². The van der Waals surface area contributed by atoms with Gasteiger partial charge < -0.3 is 10.1 Å². The molecule has 100 valence electrons. The first-order chi connectivity index (χ1) is 9.11. The molecule has 0 bridgehead atoms. The summed E-state index contributed by atoms with van der Waals surface area (Å²) in [5, 5.41) is 17.8. The van der Waals surface area contributed by atoms with E-state index in [-0.39, 0.29) is 17.4 Å². The molecule has 0 amide bonds. The summed E-state index contributed by atoms with van der Waals surface area (Å²) in [5.74, 6) is 0.372. The van der Waals surface area contributed by atoms with Gasteiger partial charge in [-0.15, -0.1) is 0 Å². The summed E-state index contributed by atoms with van der Waals surface area (Å²) in [7, 11) is 1.71. The molecule has 1 N–H and O–H groups in total. The molecule has 0 spiro atoms. The Balaban J connectivity index is 2.38. The maximum Gasteiger partial charge on any atom is 0.373 e. The van der Waals surface area contributed by atoms with Crippen LogP contribution in [-0.2, 0) is 7.05 Å². The molecule has 9 nitrogen and oxygen atoms in total. The molecule has 2 rings (SSSR count).